The van der Waals surface area contributed by atoms with Gasteiger partial charge < -0.3 is 23.7 Å². The largest absolute Gasteiger partial charge is 0.374 e. The van der Waals surface area contributed by atoms with Gasteiger partial charge in [0.25, 0.3) is 0 Å². The number of hydrogen-bond acceptors (Lipinski definition) is 7. The van der Waals surface area contributed by atoms with Crippen molar-refractivity contribution in [2.75, 3.05) is 6.61 Å². The van der Waals surface area contributed by atoms with Crippen LogP contribution in [0.2, 0.25) is 0 Å². The third-order valence-electron chi connectivity index (χ3n) is 8.22. The van der Waals surface area contributed by atoms with E-state index in [0.717, 1.165) is 22.3 Å². The first-order valence-corrected chi connectivity index (χ1v) is 17.7. The van der Waals surface area contributed by atoms with E-state index in [1.807, 2.05) is 121 Å². The number of benzene rings is 5. The first-order chi connectivity index (χ1) is 23.6. The van der Waals surface area contributed by atoms with E-state index in [1.165, 1.54) is 0 Å². The van der Waals surface area contributed by atoms with Gasteiger partial charge in [-0.05, 0) is 34.4 Å². The molecule has 0 saturated carbocycles. The quantitative estimate of drug-likeness (QED) is 0.118. The third kappa shape index (κ3) is 8.85. The van der Waals surface area contributed by atoms with Crippen molar-refractivity contribution in [2.24, 2.45) is 0 Å². The Morgan fingerprint density at radius 1 is 0.458 bits per heavy atom. The molecule has 8 heteroatoms. The van der Waals surface area contributed by atoms with Crippen molar-refractivity contribution in [3.63, 3.8) is 0 Å². The molecule has 0 aromatic heterocycles. The molecule has 0 spiro atoms. The van der Waals surface area contributed by atoms with Gasteiger partial charge in [-0.15, -0.1) is 0 Å². The topological polar surface area (TPSA) is 80.3 Å². The van der Waals surface area contributed by atoms with E-state index in [1.54, 1.807) is 30.3 Å². The van der Waals surface area contributed by atoms with Crippen LogP contribution in [-0.2, 0) is 59.9 Å². The van der Waals surface area contributed by atoms with Crippen LogP contribution in [0.25, 0.3) is 0 Å². The van der Waals surface area contributed by atoms with E-state index in [9.17, 15) is 8.42 Å². The highest BCUT2D eigenvalue weighted by molar-refractivity contribution is 7.92. The minimum atomic E-state index is -4.07. The van der Waals surface area contributed by atoms with Gasteiger partial charge in [0, 0.05) is 0 Å². The van der Waals surface area contributed by atoms with E-state index in [4.69, 9.17) is 23.7 Å². The zero-order valence-corrected chi connectivity index (χ0v) is 27.4. The molecule has 0 N–H and O–H groups in total. The zero-order chi connectivity index (χ0) is 33.0. The summed E-state index contributed by atoms with van der Waals surface area (Å²) in [6.07, 6.45) is -3.39. The van der Waals surface area contributed by atoms with Gasteiger partial charge in [-0.3, -0.25) is 0 Å². The van der Waals surface area contributed by atoms with Gasteiger partial charge in [-0.2, -0.15) is 0 Å². The molecule has 0 amide bonds. The van der Waals surface area contributed by atoms with E-state index in [-0.39, 0.29) is 31.3 Å². The normalized spacial score (nSPS) is 21.1. The van der Waals surface area contributed by atoms with Crippen LogP contribution >= 0.6 is 0 Å². The van der Waals surface area contributed by atoms with Gasteiger partial charge in [-0.25, -0.2) is 8.42 Å². The fourth-order valence-electron chi connectivity index (χ4n) is 5.74. The molecule has 1 aliphatic heterocycles. The molecule has 5 aromatic carbocycles. The van der Waals surface area contributed by atoms with Crippen LogP contribution in [0.15, 0.2) is 157 Å². The zero-order valence-electron chi connectivity index (χ0n) is 26.6. The summed E-state index contributed by atoms with van der Waals surface area (Å²) < 4.78 is 61.5. The Labute approximate surface area is 282 Å². The number of rotatable bonds is 15. The lowest BCUT2D eigenvalue weighted by molar-refractivity contribution is -0.256. The highest BCUT2D eigenvalue weighted by Gasteiger charge is 2.53. The number of ether oxygens (including phenoxy) is 5. The van der Waals surface area contributed by atoms with E-state index < -0.39 is 39.7 Å². The van der Waals surface area contributed by atoms with Crippen LogP contribution in [0.4, 0.5) is 0 Å². The average Bonchev–Trinajstić information content (AvgIpc) is 3.14. The summed E-state index contributed by atoms with van der Waals surface area (Å²) in [6, 6.07) is 47.4. The Bertz CT molecular complexity index is 1760. The van der Waals surface area contributed by atoms with Gasteiger partial charge in [0.2, 0.25) is 9.84 Å². The van der Waals surface area contributed by atoms with Gasteiger partial charge in [0.15, 0.2) is 5.44 Å². The molecule has 0 aliphatic carbocycles. The van der Waals surface area contributed by atoms with Crippen LogP contribution in [0.5, 0.6) is 0 Å². The second kappa shape index (κ2) is 16.8. The van der Waals surface area contributed by atoms with E-state index in [0.29, 0.717) is 6.61 Å². The fraction of sp³-hybridized carbons (Fsp3) is 0.250. The minimum Gasteiger partial charge on any atom is -0.374 e. The lowest BCUT2D eigenvalue weighted by Gasteiger charge is -2.45. The smallest absolute Gasteiger partial charge is 0.207 e. The maximum Gasteiger partial charge on any atom is 0.207 e. The Balaban J connectivity index is 1.37. The molecule has 5 aromatic rings. The molecule has 1 fully saturated rings. The molecule has 1 heterocycles. The summed E-state index contributed by atoms with van der Waals surface area (Å²) in [5.41, 5.74) is 2.39. The van der Waals surface area contributed by atoms with Gasteiger partial charge >= 0.3 is 0 Å². The average molecular weight is 665 g/mol. The minimum absolute atomic E-state index is 0.0752. The first kappa shape index (κ1) is 33.7. The molecular formula is C40H40O7S. The van der Waals surface area contributed by atoms with Crippen LogP contribution in [0.1, 0.15) is 22.3 Å². The van der Waals surface area contributed by atoms with Crippen molar-refractivity contribution < 1.29 is 32.1 Å². The van der Waals surface area contributed by atoms with Gasteiger partial charge in [0.1, 0.15) is 24.4 Å². The van der Waals surface area contributed by atoms with Crippen LogP contribution in [0.3, 0.4) is 0 Å². The van der Waals surface area contributed by atoms with Crippen LogP contribution in [0, 0.1) is 0 Å². The second-order valence-corrected chi connectivity index (χ2v) is 13.7. The molecule has 0 radical (unpaired) electrons. The SMILES string of the molecule is O=S(=O)(c1ccccc1)[C@H]1O[C@H](COCc2ccccc2)[C@@H](OCc2ccccc2)[C@H](OCc2ccccc2)[C@H]1OCc1ccccc1. The highest BCUT2D eigenvalue weighted by atomic mass is 32.2. The van der Waals surface area contributed by atoms with Crippen molar-refractivity contribution in [1.29, 1.82) is 0 Å². The van der Waals surface area contributed by atoms with Gasteiger partial charge in [0.05, 0.1) is 37.9 Å². The summed E-state index contributed by atoms with van der Waals surface area (Å²) in [4.78, 5) is 0.137. The predicted octanol–water partition coefficient (Wildman–Crippen LogP) is 7.16. The first-order valence-electron chi connectivity index (χ1n) is 16.1. The number of sulfone groups is 1. The molecule has 5 atom stereocenters. The third-order valence-corrected chi connectivity index (χ3v) is 10.1. The Morgan fingerprint density at radius 2 is 0.833 bits per heavy atom. The summed E-state index contributed by atoms with van der Waals surface area (Å²) in [6.45, 7) is 1.03. The molecular weight excluding hydrogens is 625 g/mol. The Hall–Kier alpha value is -4.15. The summed E-state index contributed by atoms with van der Waals surface area (Å²) in [5, 5.41) is 0. The Kier molecular flexibility index (Phi) is 11.8. The molecule has 1 aliphatic rings. The summed E-state index contributed by atoms with van der Waals surface area (Å²) >= 11 is 0. The number of hydrogen-bond donors (Lipinski definition) is 0. The standard InChI is InChI=1S/C40H40O7S/c41-48(42,35-24-14-5-15-25-35)40-39(46-29-34-22-12-4-13-23-34)38(45-28-33-20-10-3-11-21-33)37(44-27-32-18-8-2-9-19-32)36(47-40)30-43-26-31-16-6-1-7-17-31/h1-25,36-40H,26-30H2/t36-,37-,38+,39-,40-/m1/s1. The molecule has 0 unspecified atom stereocenters. The van der Waals surface area contributed by atoms with Crippen LogP contribution < -0.4 is 0 Å². The van der Waals surface area contributed by atoms with Crippen LogP contribution in [-0.4, -0.2) is 44.9 Å². The van der Waals surface area contributed by atoms with Crippen molar-refractivity contribution in [1.82, 2.24) is 0 Å². The van der Waals surface area contributed by atoms with E-state index in [2.05, 4.69) is 0 Å². The predicted molar refractivity (Wildman–Crippen MR) is 183 cm³/mol. The lowest BCUT2D eigenvalue weighted by Crippen LogP contribution is -2.62. The molecule has 48 heavy (non-hydrogen) atoms. The van der Waals surface area contributed by atoms with E-state index >= 15 is 0 Å². The summed E-state index contributed by atoms with van der Waals surface area (Å²) in [7, 11) is -4.07. The molecule has 248 valence electrons. The van der Waals surface area contributed by atoms with Gasteiger partial charge in [-0.1, -0.05) is 140 Å². The van der Waals surface area contributed by atoms with Crippen molar-refractivity contribution >= 4 is 9.84 Å². The molecule has 6 rings (SSSR count). The monoisotopic (exact) mass is 664 g/mol. The van der Waals surface area contributed by atoms with Crippen molar-refractivity contribution in [3.8, 4) is 0 Å². The lowest BCUT2D eigenvalue weighted by atomic mass is 9.98. The molecule has 1 saturated heterocycles. The summed E-state index contributed by atoms with van der Waals surface area (Å²) in [5.74, 6) is 0. The highest BCUT2D eigenvalue weighted by Crippen LogP contribution is 2.35. The Morgan fingerprint density at radius 3 is 1.29 bits per heavy atom. The van der Waals surface area contributed by atoms with Crippen molar-refractivity contribution in [2.45, 2.75) is 61.2 Å². The maximum absolute atomic E-state index is 14.4. The molecule has 7 nitrogen and oxygen atoms in total. The van der Waals surface area contributed by atoms with Crippen molar-refractivity contribution in [3.05, 3.63) is 174 Å². The molecule has 0 bridgehead atoms. The fourth-order valence-corrected chi connectivity index (χ4v) is 7.42. The second-order valence-electron chi connectivity index (χ2n) is 11.7. The maximum atomic E-state index is 14.4.